The van der Waals surface area contributed by atoms with E-state index in [2.05, 4.69) is 15.9 Å². The van der Waals surface area contributed by atoms with E-state index in [1.54, 1.807) is 0 Å². The Labute approximate surface area is 73.1 Å². The molecule has 0 aliphatic rings. The van der Waals surface area contributed by atoms with Crippen LogP contribution in [0, 0.1) is 5.92 Å². The van der Waals surface area contributed by atoms with Crippen LogP contribution in [-0.4, -0.2) is 23.3 Å². The van der Waals surface area contributed by atoms with E-state index in [4.69, 9.17) is 11.6 Å². The largest absolute Gasteiger partial charge is 0.303 e. The molecule has 0 saturated heterocycles. The lowest BCUT2D eigenvalue weighted by atomic mass is 10.1. The minimum atomic E-state index is -0.612. The highest BCUT2D eigenvalue weighted by molar-refractivity contribution is 9.09. The van der Waals surface area contributed by atoms with Gasteiger partial charge in [0.05, 0.1) is 5.92 Å². The first-order valence-corrected chi connectivity index (χ1v) is 4.51. The Morgan fingerprint density at radius 1 is 1.70 bits per heavy atom. The smallest absolute Gasteiger partial charge is 0.145 e. The minimum Gasteiger partial charge on any atom is -0.303 e. The number of Topliss-reactive ketones (excluding diaryl/α,β-unsaturated/α-hetero) is 1. The molecule has 0 fully saturated rings. The minimum absolute atomic E-state index is 0.0926. The average Bonchev–Trinajstić information content (AvgIpc) is 1.91. The summed E-state index contributed by atoms with van der Waals surface area (Å²) in [5, 5.41) is 0.590. The fourth-order valence-electron chi connectivity index (χ4n) is 0.477. The van der Waals surface area contributed by atoms with Crippen LogP contribution in [0.1, 0.15) is 6.42 Å². The molecule has 4 heteroatoms. The van der Waals surface area contributed by atoms with Gasteiger partial charge in [-0.25, -0.2) is 0 Å². The summed E-state index contributed by atoms with van der Waals surface area (Å²) in [5.41, 5.74) is 0. The number of hydrogen-bond donors (Lipinski definition) is 0. The lowest BCUT2D eigenvalue weighted by Gasteiger charge is -2.01. The summed E-state index contributed by atoms with van der Waals surface area (Å²) in [6, 6.07) is 0. The van der Waals surface area contributed by atoms with Crippen molar-refractivity contribution in [1.82, 2.24) is 0 Å². The highest BCUT2D eigenvalue weighted by Crippen LogP contribution is 2.02. The number of hydrogen-bond acceptors (Lipinski definition) is 2. The quantitative estimate of drug-likeness (QED) is 0.404. The van der Waals surface area contributed by atoms with E-state index in [-0.39, 0.29) is 11.7 Å². The molecule has 0 saturated carbocycles. The normalized spacial score (nSPS) is 12.6. The molecule has 0 aromatic carbocycles. The topological polar surface area (TPSA) is 34.1 Å². The molecule has 0 aromatic rings. The molecule has 0 radical (unpaired) electrons. The molecule has 0 aliphatic carbocycles. The van der Waals surface area contributed by atoms with Crippen LogP contribution in [0.25, 0.3) is 0 Å². The Morgan fingerprint density at radius 2 is 2.30 bits per heavy atom. The molecule has 0 amide bonds. The third-order valence-electron chi connectivity index (χ3n) is 1.08. The van der Waals surface area contributed by atoms with Crippen molar-refractivity contribution in [3.05, 3.63) is 0 Å². The molecule has 2 nitrogen and oxygen atoms in total. The second-order valence-corrected chi connectivity index (χ2v) is 2.90. The molecule has 0 aliphatic heterocycles. The lowest BCUT2D eigenvalue weighted by Crippen LogP contribution is -2.17. The summed E-state index contributed by atoms with van der Waals surface area (Å²) >= 11 is 8.43. The van der Waals surface area contributed by atoms with Gasteiger partial charge in [-0.15, -0.1) is 11.6 Å². The van der Waals surface area contributed by atoms with Crippen molar-refractivity contribution in [3.8, 4) is 0 Å². The highest BCUT2D eigenvalue weighted by Gasteiger charge is 2.14. The lowest BCUT2D eigenvalue weighted by molar-refractivity contribution is -0.126. The van der Waals surface area contributed by atoms with Gasteiger partial charge in [-0.05, 0) is 0 Å². The molecular formula is C6H8BrClO2. The zero-order valence-corrected chi connectivity index (χ0v) is 7.69. The standard InChI is InChI=1S/C6H8BrClO2/c7-2-1-6(10)5(3-8)4-9/h4-5H,1-3H2. The van der Waals surface area contributed by atoms with Crippen molar-refractivity contribution in [2.24, 2.45) is 5.92 Å². The van der Waals surface area contributed by atoms with Crippen LogP contribution >= 0.6 is 27.5 Å². The summed E-state index contributed by atoms with van der Waals surface area (Å²) < 4.78 is 0. The fourth-order valence-corrected chi connectivity index (χ4v) is 1.11. The summed E-state index contributed by atoms with van der Waals surface area (Å²) in [4.78, 5) is 21.0. The molecule has 10 heavy (non-hydrogen) atoms. The van der Waals surface area contributed by atoms with Gasteiger partial charge in [-0.3, -0.25) is 4.79 Å². The third kappa shape index (κ3) is 3.32. The first-order valence-electron chi connectivity index (χ1n) is 2.86. The van der Waals surface area contributed by atoms with Gasteiger partial charge in [-0.1, -0.05) is 15.9 Å². The first kappa shape index (κ1) is 10.1. The Hall–Kier alpha value is 0.110. The van der Waals surface area contributed by atoms with Gasteiger partial charge in [0.2, 0.25) is 0 Å². The van der Waals surface area contributed by atoms with Crippen molar-refractivity contribution >= 4 is 39.6 Å². The number of alkyl halides is 2. The predicted molar refractivity (Wildman–Crippen MR) is 43.7 cm³/mol. The molecule has 0 heterocycles. The second kappa shape index (κ2) is 5.86. The zero-order valence-electron chi connectivity index (χ0n) is 5.35. The number of rotatable bonds is 5. The van der Waals surface area contributed by atoms with E-state index in [0.29, 0.717) is 18.0 Å². The molecular weight excluding hydrogens is 219 g/mol. The summed E-state index contributed by atoms with van der Waals surface area (Å²) in [6.07, 6.45) is 0.966. The number of ketones is 1. The summed E-state index contributed by atoms with van der Waals surface area (Å²) in [7, 11) is 0. The van der Waals surface area contributed by atoms with Gasteiger partial charge in [-0.2, -0.15) is 0 Å². The van der Waals surface area contributed by atoms with Crippen molar-refractivity contribution < 1.29 is 9.59 Å². The van der Waals surface area contributed by atoms with Crippen molar-refractivity contribution in [3.63, 3.8) is 0 Å². The van der Waals surface area contributed by atoms with Gasteiger partial charge in [0.25, 0.3) is 0 Å². The maximum absolute atomic E-state index is 10.9. The van der Waals surface area contributed by atoms with Crippen LogP contribution in [0.15, 0.2) is 0 Å². The summed E-state index contributed by atoms with van der Waals surface area (Å²) in [6.45, 7) is 0. The third-order valence-corrected chi connectivity index (χ3v) is 1.81. The van der Waals surface area contributed by atoms with Gasteiger partial charge >= 0.3 is 0 Å². The van der Waals surface area contributed by atoms with E-state index >= 15 is 0 Å². The van der Waals surface area contributed by atoms with Gasteiger partial charge in [0, 0.05) is 17.6 Å². The van der Waals surface area contributed by atoms with Crippen LogP contribution in [0.5, 0.6) is 0 Å². The maximum Gasteiger partial charge on any atom is 0.145 e. The number of aldehydes is 1. The van der Waals surface area contributed by atoms with E-state index in [1.807, 2.05) is 0 Å². The van der Waals surface area contributed by atoms with Crippen molar-refractivity contribution in [2.45, 2.75) is 6.42 Å². The van der Waals surface area contributed by atoms with Crippen LogP contribution in [-0.2, 0) is 9.59 Å². The Kier molecular flexibility index (Phi) is 5.93. The van der Waals surface area contributed by atoms with Gasteiger partial charge in [0.15, 0.2) is 0 Å². The number of carbonyl (C=O) groups is 2. The predicted octanol–water partition coefficient (Wildman–Crippen LogP) is 1.39. The van der Waals surface area contributed by atoms with Gasteiger partial charge < -0.3 is 4.79 Å². The van der Waals surface area contributed by atoms with Crippen LogP contribution in [0.3, 0.4) is 0 Å². The zero-order chi connectivity index (χ0) is 7.98. The summed E-state index contributed by atoms with van der Waals surface area (Å²) in [5.74, 6) is -0.615. The van der Waals surface area contributed by atoms with E-state index in [9.17, 15) is 9.59 Å². The van der Waals surface area contributed by atoms with Gasteiger partial charge in [0.1, 0.15) is 12.1 Å². The molecule has 1 atom stereocenters. The SMILES string of the molecule is O=CC(CCl)C(=O)CCBr. The second-order valence-electron chi connectivity index (χ2n) is 1.80. The number of halogens is 2. The van der Waals surface area contributed by atoms with Crippen molar-refractivity contribution in [2.75, 3.05) is 11.2 Å². The van der Waals surface area contributed by atoms with E-state index in [1.165, 1.54) is 0 Å². The molecule has 0 aromatic heterocycles. The fraction of sp³-hybridized carbons (Fsp3) is 0.667. The Bertz CT molecular complexity index is 127. The monoisotopic (exact) mass is 226 g/mol. The maximum atomic E-state index is 10.9. The Balaban J connectivity index is 3.76. The molecule has 0 spiro atoms. The number of carbonyl (C=O) groups excluding carboxylic acids is 2. The highest BCUT2D eigenvalue weighted by atomic mass is 79.9. The van der Waals surface area contributed by atoms with Crippen LogP contribution in [0.4, 0.5) is 0 Å². The molecule has 1 unspecified atom stereocenters. The van der Waals surface area contributed by atoms with E-state index < -0.39 is 5.92 Å². The van der Waals surface area contributed by atoms with E-state index in [0.717, 1.165) is 0 Å². The molecule has 0 bridgehead atoms. The van der Waals surface area contributed by atoms with Crippen molar-refractivity contribution in [1.29, 1.82) is 0 Å². The molecule has 58 valence electrons. The Morgan fingerprint density at radius 3 is 2.60 bits per heavy atom. The van der Waals surface area contributed by atoms with Crippen LogP contribution < -0.4 is 0 Å². The molecule has 0 N–H and O–H groups in total. The average molecular weight is 227 g/mol. The molecule has 0 rings (SSSR count). The first-order chi connectivity index (χ1) is 4.76. The van der Waals surface area contributed by atoms with Crippen LogP contribution in [0.2, 0.25) is 0 Å².